The zero-order valence-electron chi connectivity index (χ0n) is 9.50. The van der Waals surface area contributed by atoms with Gasteiger partial charge in [0.2, 0.25) is 6.29 Å². The van der Waals surface area contributed by atoms with Crippen LogP contribution in [0.1, 0.15) is 19.3 Å². The van der Waals surface area contributed by atoms with E-state index in [1.54, 1.807) is 0 Å². The fourth-order valence-electron chi connectivity index (χ4n) is 4.63. The second-order valence-corrected chi connectivity index (χ2v) is 5.83. The summed E-state index contributed by atoms with van der Waals surface area (Å²) >= 11 is 0. The van der Waals surface area contributed by atoms with Gasteiger partial charge in [-0.2, -0.15) is 0 Å². The average molecular weight is 252 g/mol. The lowest BCUT2D eigenvalue weighted by Gasteiger charge is -2.34. The van der Waals surface area contributed by atoms with Crippen LogP contribution in [0.3, 0.4) is 0 Å². The Morgan fingerprint density at radius 1 is 1.28 bits per heavy atom. The summed E-state index contributed by atoms with van der Waals surface area (Å²) in [6.07, 6.45) is 0.143. The third-order valence-electron chi connectivity index (χ3n) is 5.19. The van der Waals surface area contributed by atoms with Crippen molar-refractivity contribution in [2.24, 2.45) is 29.1 Å². The van der Waals surface area contributed by atoms with Crippen molar-refractivity contribution < 1.29 is 29.0 Å². The van der Waals surface area contributed by atoms with E-state index < -0.39 is 23.6 Å². The fourth-order valence-corrected chi connectivity index (χ4v) is 4.63. The molecule has 6 nitrogen and oxygen atoms in total. The van der Waals surface area contributed by atoms with E-state index >= 15 is 0 Å². The molecule has 1 N–H and O–H groups in total. The lowest BCUT2D eigenvalue weighted by atomic mass is 9.64. The van der Waals surface area contributed by atoms with Crippen LogP contribution in [0.15, 0.2) is 0 Å². The van der Waals surface area contributed by atoms with Gasteiger partial charge >= 0.3 is 17.9 Å². The lowest BCUT2D eigenvalue weighted by molar-refractivity contribution is -0.160. The minimum Gasteiger partial charge on any atom is -0.435 e. The number of aliphatic hydroxyl groups excluding tert-OH is 1. The maximum atomic E-state index is 11.9. The number of carbonyl (C=O) groups excluding carboxylic acids is 3. The molecule has 2 aliphatic heterocycles. The maximum absolute atomic E-state index is 11.9. The number of esters is 3. The zero-order chi connectivity index (χ0) is 12.7. The van der Waals surface area contributed by atoms with Crippen LogP contribution in [0, 0.1) is 29.1 Å². The summed E-state index contributed by atoms with van der Waals surface area (Å²) in [5.74, 6) is -2.15. The van der Waals surface area contributed by atoms with E-state index in [0.717, 1.165) is 0 Å². The second-order valence-electron chi connectivity index (χ2n) is 5.83. The van der Waals surface area contributed by atoms with Crippen molar-refractivity contribution in [2.75, 3.05) is 0 Å². The molecule has 0 radical (unpaired) electrons. The molecule has 1 spiro atoms. The summed E-state index contributed by atoms with van der Waals surface area (Å²) in [4.78, 5) is 34.9. The van der Waals surface area contributed by atoms with Crippen LogP contribution in [0.25, 0.3) is 0 Å². The molecule has 6 atom stereocenters. The zero-order valence-corrected chi connectivity index (χ0v) is 9.50. The van der Waals surface area contributed by atoms with Gasteiger partial charge in [0.15, 0.2) is 0 Å². The van der Waals surface area contributed by atoms with E-state index in [-0.39, 0.29) is 36.1 Å². The van der Waals surface area contributed by atoms with Crippen LogP contribution in [-0.4, -0.2) is 29.3 Å². The van der Waals surface area contributed by atoms with Gasteiger partial charge < -0.3 is 14.6 Å². The van der Waals surface area contributed by atoms with Crippen LogP contribution >= 0.6 is 0 Å². The van der Waals surface area contributed by atoms with Crippen LogP contribution in [0.2, 0.25) is 0 Å². The van der Waals surface area contributed by atoms with E-state index in [1.165, 1.54) is 0 Å². The molecule has 6 unspecified atom stereocenters. The molecule has 6 heteroatoms. The minimum absolute atomic E-state index is 0.0306. The topological polar surface area (TPSA) is 89.9 Å². The largest absolute Gasteiger partial charge is 0.435 e. The Hall–Kier alpha value is -1.43. The van der Waals surface area contributed by atoms with Gasteiger partial charge in [0, 0.05) is 5.92 Å². The first-order valence-corrected chi connectivity index (χ1v) is 6.16. The van der Waals surface area contributed by atoms with Crippen molar-refractivity contribution in [1.29, 1.82) is 0 Å². The first-order valence-electron chi connectivity index (χ1n) is 6.16. The molecule has 4 rings (SSSR count). The molecule has 4 aliphatic rings. The molecule has 0 aromatic carbocycles. The normalized spacial score (nSPS) is 52.9. The number of cyclic esters (lactones) is 3. The molecule has 4 fully saturated rings. The predicted molar refractivity (Wildman–Crippen MR) is 53.4 cm³/mol. The van der Waals surface area contributed by atoms with Crippen LogP contribution in [0.5, 0.6) is 0 Å². The first kappa shape index (κ1) is 10.5. The Morgan fingerprint density at radius 3 is 2.72 bits per heavy atom. The van der Waals surface area contributed by atoms with E-state index in [1.807, 2.05) is 0 Å². The van der Waals surface area contributed by atoms with E-state index in [4.69, 9.17) is 4.74 Å². The number of ether oxygens (including phenoxy) is 2. The van der Waals surface area contributed by atoms with E-state index in [0.29, 0.717) is 12.8 Å². The van der Waals surface area contributed by atoms with Gasteiger partial charge in [0.05, 0.1) is 17.8 Å². The standard InChI is InChI=1S/C12H12O6/c13-6-3-12(11(16)17-6)2-4-1-5(12)8-7(4)9(14)18-10(8)15/h4-5,7-8,10,15H,1-3H2. The molecule has 2 saturated carbocycles. The lowest BCUT2D eigenvalue weighted by Crippen LogP contribution is -2.42. The third-order valence-corrected chi connectivity index (χ3v) is 5.19. The SMILES string of the molecule is O=C1CC2(CC3CC2C2C(O)OC(=O)C32)C(=O)O1. The van der Waals surface area contributed by atoms with Crippen molar-refractivity contribution in [3.8, 4) is 0 Å². The van der Waals surface area contributed by atoms with Gasteiger partial charge in [-0.05, 0) is 24.7 Å². The quantitative estimate of drug-likeness (QED) is 0.466. The molecule has 0 amide bonds. The van der Waals surface area contributed by atoms with Gasteiger partial charge in [0.1, 0.15) is 0 Å². The molecule has 2 aliphatic carbocycles. The molecule has 96 valence electrons. The second kappa shape index (κ2) is 2.93. The monoisotopic (exact) mass is 252 g/mol. The Labute approximate surface area is 102 Å². The number of carbonyl (C=O) groups is 3. The maximum Gasteiger partial charge on any atom is 0.320 e. The highest BCUT2D eigenvalue weighted by Crippen LogP contribution is 2.66. The molecule has 0 aromatic heterocycles. The van der Waals surface area contributed by atoms with Crippen LogP contribution in [0.4, 0.5) is 0 Å². The van der Waals surface area contributed by atoms with Crippen molar-refractivity contribution in [3.63, 3.8) is 0 Å². The summed E-state index contributed by atoms with van der Waals surface area (Å²) in [6, 6.07) is 0. The Balaban J connectivity index is 1.75. The van der Waals surface area contributed by atoms with Crippen molar-refractivity contribution in [2.45, 2.75) is 25.6 Å². The number of rotatable bonds is 0. The van der Waals surface area contributed by atoms with Gasteiger partial charge in [-0.15, -0.1) is 0 Å². The van der Waals surface area contributed by atoms with Crippen molar-refractivity contribution >= 4 is 17.9 Å². The van der Waals surface area contributed by atoms with Crippen molar-refractivity contribution in [1.82, 2.24) is 0 Å². The molecular weight excluding hydrogens is 240 g/mol. The van der Waals surface area contributed by atoms with Gasteiger partial charge in [-0.3, -0.25) is 14.4 Å². The third kappa shape index (κ3) is 0.971. The van der Waals surface area contributed by atoms with Gasteiger partial charge in [-0.25, -0.2) is 0 Å². The van der Waals surface area contributed by atoms with Crippen LogP contribution in [-0.2, 0) is 23.9 Å². The minimum atomic E-state index is -1.14. The summed E-state index contributed by atoms with van der Waals surface area (Å²) in [5, 5.41) is 9.81. The highest BCUT2D eigenvalue weighted by atomic mass is 16.6. The molecule has 2 bridgehead atoms. The smallest absolute Gasteiger partial charge is 0.320 e. The molecule has 0 aromatic rings. The van der Waals surface area contributed by atoms with Crippen molar-refractivity contribution in [3.05, 3.63) is 0 Å². The highest BCUT2D eigenvalue weighted by molar-refractivity contribution is 5.98. The average Bonchev–Trinajstić information content (AvgIpc) is 2.95. The Kier molecular flexibility index (Phi) is 1.71. The Morgan fingerprint density at radius 2 is 2.06 bits per heavy atom. The summed E-state index contributed by atoms with van der Waals surface area (Å²) in [7, 11) is 0. The van der Waals surface area contributed by atoms with Crippen LogP contribution < -0.4 is 0 Å². The van der Waals surface area contributed by atoms with Gasteiger partial charge in [0.25, 0.3) is 0 Å². The summed E-state index contributed by atoms with van der Waals surface area (Å²) < 4.78 is 9.53. The number of hydrogen-bond acceptors (Lipinski definition) is 6. The first-order chi connectivity index (χ1) is 8.53. The predicted octanol–water partition coefficient (Wildman–Crippen LogP) is -0.406. The fraction of sp³-hybridized carbons (Fsp3) is 0.750. The number of hydrogen-bond donors (Lipinski definition) is 1. The number of aliphatic hydroxyl groups is 1. The summed E-state index contributed by atoms with van der Waals surface area (Å²) in [6.45, 7) is 0. The van der Waals surface area contributed by atoms with Gasteiger partial charge in [-0.1, -0.05) is 0 Å². The highest BCUT2D eigenvalue weighted by Gasteiger charge is 2.72. The molecular formula is C12H12O6. The molecule has 2 heterocycles. The molecule has 18 heavy (non-hydrogen) atoms. The molecule has 2 saturated heterocycles. The summed E-state index contributed by atoms with van der Waals surface area (Å²) in [5.41, 5.74) is -0.808. The number of fused-ring (bicyclic) bond motifs is 6. The van der Waals surface area contributed by atoms with E-state index in [9.17, 15) is 19.5 Å². The van der Waals surface area contributed by atoms with E-state index in [2.05, 4.69) is 4.74 Å². The Bertz CT molecular complexity index is 485.